The zero-order valence-corrected chi connectivity index (χ0v) is 26.6. The average molecular weight is 643 g/mol. The quantitative estimate of drug-likeness (QED) is 0.209. The fraction of sp³-hybridized carbons (Fsp3) is 0.406. The number of rotatable bonds is 9. The Morgan fingerprint density at radius 1 is 1.11 bits per heavy atom. The number of carbonyl (C=O) groups excluding carboxylic acids is 2. The Kier molecular flexibility index (Phi) is 9.26. The van der Waals surface area contributed by atoms with E-state index >= 15 is 0 Å². The van der Waals surface area contributed by atoms with Gasteiger partial charge in [0.1, 0.15) is 11.4 Å². The molecule has 0 aliphatic carbocycles. The third-order valence-electron chi connectivity index (χ3n) is 7.69. The third-order valence-corrected chi connectivity index (χ3v) is 7.69. The van der Waals surface area contributed by atoms with Crippen molar-refractivity contribution in [2.75, 3.05) is 50.0 Å². The lowest BCUT2D eigenvalue weighted by atomic mass is 10.00. The summed E-state index contributed by atoms with van der Waals surface area (Å²) in [5.41, 5.74) is 2.84. The summed E-state index contributed by atoms with van der Waals surface area (Å²) >= 11 is 0. The third kappa shape index (κ3) is 7.81. The van der Waals surface area contributed by atoms with Crippen molar-refractivity contribution >= 4 is 29.5 Å². The molecule has 4 N–H and O–H groups in total. The predicted molar refractivity (Wildman–Crippen MR) is 172 cm³/mol. The van der Waals surface area contributed by atoms with Crippen LogP contribution in [0.4, 0.5) is 22.2 Å². The summed E-state index contributed by atoms with van der Waals surface area (Å²) in [7, 11) is 0. The van der Waals surface area contributed by atoms with Crippen molar-refractivity contribution < 1.29 is 23.8 Å². The molecule has 0 saturated carbocycles. The number of aliphatic hydroxyl groups excluding tert-OH is 1. The van der Waals surface area contributed by atoms with Crippen LogP contribution in [0.3, 0.4) is 0 Å². The molecule has 0 spiro atoms. The number of pyridine rings is 1. The van der Waals surface area contributed by atoms with E-state index in [0.29, 0.717) is 67.8 Å². The van der Waals surface area contributed by atoms with Crippen LogP contribution in [0.1, 0.15) is 54.3 Å². The lowest BCUT2D eigenvalue weighted by Gasteiger charge is -2.34. The Balaban J connectivity index is 1.20. The van der Waals surface area contributed by atoms with Gasteiger partial charge < -0.3 is 35.1 Å². The van der Waals surface area contributed by atoms with Crippen LogP contribution in [0.2, 0.25) is 0 Å². The zero-order valence-electron chi connectivity index (χ0n) is 26.6. The Morgan fingerprint density at radius 2 is 1.94 bits per heavy atom. The number of nitrogens with one attached hydrogen (secondary N) is 3. The molecule has 246 valence electrons. The second-order valence-electron chi connectivity index (χ2n) is 12.3. The molecule has 4 aromatic rings. The minimum Gasteiger partial charge on any atom is -0.444 e. The first-order valence-corrected chi connectivity index (χ1v) is 15.5. The highest BCUT2D eigenvalue weighted by atomic mass is 16.6. The van der Waals surface area contributed by atoms with Gasteiger partial charge in [-0.3, -0.25) is 14.7 Å². The fourth-order valence-corrected chi connectivity index (χ4v) is 5.34. The molecule has 1 aromatic carbocycles. The summed E-state index contributed by atoms with van der Waals surface area (Å²) in [5.74, 6) is 1.17. The first kappa shape index (κ1) is 31.8. The molecule has 2 amide bonds. The number of nitrogens with zero attached hydrogens (tertiary/aromatic N) is 7. The molecule has 15 nitrogen and oxygen atoms in total. The molecule has 3 aromatic heterocycles. The maximum absolute atomic E-state index is 12.4. The molecular weight excluding hydrogens is 604 g/mol. The summed E-state index contributed by atoms with van der Waals surface area (Å²) in [6.07, 6.45) is 3.64. The van der Waals surface area contributed by atoms with Gasteiger partial charge in [0, 0.05) is 56.4 Å². The van der Waals surface area contributed by atoms with E-state index in [1.165, 1.54) is 0 Å². The number of anilines is 3. The molecule has 0 bridgehead atoms. The number of benzene rings is 1. The van der Waals surface area contributed by atoms with Crippen molar-refractivity contribution in [1.29, 1.82) is 0 Å². The SMILES string of the molecule is CC(C)(C)OC(=O)N1CCN(Cc2nnc(-c3cnc(Nc4ccc5c(c4)CCNC5=O)nc3N[C@H](CO)c3ccccn3)o2)CC1. The molecule has 6 rings (SSSR count). The minimum absolute atomic E-state index is 0.0866. The van der Waals surface area contributed by atoms with Crippen LogP contribution in [-0.2, 0) is 17.7 Å². The fourth-order valence-electron chi connectivity index (χ4n) is 5.34. The molecule has 47 heavy (non-hydrogen) atoms. The summed E-state index contributed by atoms with van der Waals surface area (Å²) in [6.45, 7) is 8.60. The summed E-state index contributed by atoms with van der Waals surface area (Å²) in [6, 6.07) is 10.4. The Hall–Kier alpha value is -5.15. The van der Waals surface area contributed by atoms with Crippen LogP contribution in [0.25, 0.3) is 11.5 Å². The number of aromatic nitrogens is 5. The van der Waals surface area contributed by atoms with Crippen LogP contribution < -0.4 is 16.0 Å². The molecule has 15 heteroatoms. The molecule has 1 fully saturated rings. The average Bonchev–Trinajstić information content (AvgIpc) is 3.52. The van der Waals surface area contributed by atoms with Crippen LogP contribution in [0, 0.1) is 0 Å². The molecule has 1 atom stereocenters. The van der Waals surface area contributed by atoms with Crippen molar-refractivity contribution in [2.24, 2.45) is 0 Å². The molecule has 0 radical (unpaired) electrons. The van der Waals surface area contributed by atoms with Gasteiger partial charge in [0.05, 0.1) is 30.5 Å². The number of carbonyl (C=O) groups is 2. The van der Waals surface area contributed by atoms with Crippen molar-refractivity contribution in [1.82, 2.24) is 40.3 Å². The number of piperazine rings is 1. The Morgan fingerprint density at radius 3 is 2.68 bits per heavy atom. The monoisotopic (exact) mass is 642 g/mol. The molecule has 5 heterocycles. The minimum atomic E-state index is -0.580. The van der Waals surface area contributed by atoms with Crippen LogP contribution in [-0.4, -0.2) is 97.0 Å². The van der Waals surface area contributed by atoms with Crippen molar-refractivity contribution in [3.63, 3.8) is 0 Å². The number of hydrogen-bond acceptors (Lipinski definition) is 13. The summed E-state index contributed by atoms with van der Waals surface area (Å²) < 4.78 is 11.6. The highest BCUT2D eigenvalue weighted by Crippen LogP contribution is 2.30. The maximum atomic E-state index is 12.4. The van der Waals surface area contributed by atoms with Crippen LogP contribution >= 0.6 is 0 Å². The van der Waals surface area contributed by atoms with Gasteiger partial charge in [-0.05, 0) is 63.1 Å². The highest BCUT2D eigenvalue weighted by Gasteiger charge is 2.27. The van der Waals surface area contributed by atoms with Gasteiger partial charge in [-0.2, -0.15) is 4.98 Å². The summed E-state index contributed by atoms with van der Waals surface area (Å²) in [5, 5.41) is 28.2. The normalized spacial score (nSPS) is 15.8. The zero-order chi connectivity index (χ0) is 33.0. The van der Waals surface area contributed by atoms with Gasteiger partial charge in [-0.1, -0.05) is 6.07 Å². The number of hydrogen-bond donors (Lipinski definition) is 4. The van der Waals surface area contributed by atoms with E-state index in [4.69, 9.17) is 14.1 Å². The van der Waals surface area contributed by atoms with E-state index in [0.717, 1.165) is 17.7 Å². The molecule has 0 unspecified atom stereocenters. The molecule has 2 aliphatic heterocycles. The van der Waals surface area contributed by atoms with Crippen molar-refractivity contribution in [3.8, 4) is 11.5 Å². The number of aliphatic hydroxyl groups is 1. The van der Waals surface area contributed by atoms with Gasteiger partial charge in [0.25, 0.3) is 11.8 Å². The smallest absolute Gasteiger partial charge is 0.410 e. The van der Waals surface area contributed by atoms with E-state index < -0.39 is 11.6 Å². The van der Waals surface area contributed by atoms with E-state index in [2.05, 4.69) is 41.0 Å². The lowest BCUT2D eigenvalue weighted by molar-refractivity contribution is 0.0133. The van der Waals surface area contributed by atoms with Gasteiger partial charge in [0.2, 0.25) is 11.8 Å². The number of fused-ring (bicyclic) bond motifs is 1. The van der Waals surface area contributed by atoms with E-state index in [1.807, 2.05) is 39.0 Å². The maximum Gasteiger partial charge on any atom is 0.410 e. The van der Waals surface area contributed by atoms with Gasteiger partial charge >= 0.3 is 6.09 Å². The molecule has 2 aliphatic rings. The lowest BCUT2D eigenvalue weighted by Crippen LogP contribution is -2.49. The van der Waals surface area contributed by atoms with Crippen molar-refractivity contribution in [3.05, 3.63) is 71.5 Å². The van der Waals surface area contributed by atoms with Crippen LogP contribution in [0.15, 0.2) is 53.2 Å². The van der Waals surface area contributed by atoms with Crippen LogP contribution in [0.5, 0.6) is 0 Å². The van der Waals surface area contributed by atoms with Gasteiger partial charge in [-0.25, -0.2) is 9.78 Å². The van der Waals surface area contributed by atoms with Gasteiger partial charge in [0.15, 0.2) is 0 Å². The Labute approximate surface area is 271 Å². The second-order valence-corrected chi connectivity index (χ2v) is 12.3. The standard InChI is InChI=1S/C32H38N10O5/c1-32(2,3)47-31(45)42-14-12-41(13-15-42)18-26-39-40-29(46-26)23-17-35-30(36-21-7-8-22-20(16-21)9-11-34-28(22)44)38-27(23)37-25(19-43)24-6-4-5-10-33-24/h4-8,10,16-17,25,43H,9,11-15,18-19H2,1-3H3,(H,34,44)(H2,35,36,37,38)/t25-/m1/s1. The number of amides is 2. The van der Waals surface area contributed by atoms with Crippen molar-refractivity contribution in [2.45, 2.75) is 45.4 Å². The van der Waals surface area contributed by atoms with E-state index in [9.17, 15) is 14.7 Å². The molecule has 1 saturated heterocycles. The first-order valence-electron chi connectivity index (χ1n) is 15.5. The predicted octanol–water partition coefficient (Wildman–Crippen LogP) is 3.15. The Bertz CT molecular complexity index is 1720. The first-order chi connectivity index (χ1) is 22.6. The summed E-state index contributed by atoms with van der Waals surface area (Å²) in [4.78, 5) is 42.1. The van der Waals surface area contributed by atoms with E-state index in [-0.39, 0.29) is 30.4 Å². The number of ether oxygens (including phenoxy) is 1. The van der Waals surface area contributed by atoms with E-state index in [1.54, 1.807) is 35.5 Å². The topological polar surface area (TPSA) is 184 Å². The van der Waals surface area contributed by atoms with Gasteiger partial charge in [-0.15, -0.1) is 10.2 Å². The highest BCUT2D eigenvalue weighted by molar-refractivity contribution is 5.97. The largest absolute Gasteiger partial charge is 0.444 e. The molecular formula is C32H38N10O5. The second kappa shape index (κ2) is 13.7.